The van der Waals surface area contributed by atoms with Crippen LogP contribution in [0.3, 0.4) is 0 Å². The molecule has 1 heterocycles. The molecule has 8 heteroatoms. The lowest BCUT2D eigenvalue weighted by molar-refractivity contribution is -0.116. The molecule has 1 aliphatic heterocycles. The van der Waals surface area contributed by atoms with Crippen LogP contribution in [0.1, 0.15) is 0 Å². The maximum Gasteiger partial charge on any atom is 0.237 e. The van der Waals surface area contributed by atoms with Crippen molar-refractivity contribution in [2.24, 2.45) is 16.5 Å². The fraction of sp³-hybridized carbons (Fsp3) is 0.250. The molecule has 1 aromatic carbocycles. The normalized spacial score (nSPS) is 13.5. The minimum absolute atomic E-state index is 0.0432. The molecule has 0 aromatic heterocycles. The molecule has 1 aliphatic rings. The number of nitrogens with one attached hydrogen (secondary N) is 1. The van der Waals surface area contributed by atoms with E-state index in [1.165, 1.54) is 0 Å². The van der Waals surface area contributed by atoms with E-state index >= 15 is 0 Å². The molecule has 1 amide bonds. The SMILES string of the molecule is N=C(N=C(N)N)SCC(=O)N1CCSc2ccccc21. The molecule has 0 fully saturated rings. The monoisotopic (exact) mass is 309 g/mol. The van der Waals surface area contributed by atoms with Gasteiger partial charge in [-0.15, -0.1) is 11.8 Å². The topological polar surface area (TPSA) is 109 Å². The Kier molecular flexibility index (Phi) is 4.91. The number of aliphatic imine (C=N–C) groups is 1. The van der Waals surface area contributed by atoms with Crippen LogP contribution >= 0.6 is 23.5 Å². The van der Waals surface area contributed by atoms with Crippen molar-refractivity contribution in [3.8, 4) is 0 Å². The molecule has 1 aromatic rings. The summed E-state index contributed by atoms with van der Waals surface area (Å²) in [5.41, 5.74) is 11.3. The highest BCUT2D eigenvalue weighted by Crippen LogP contribution is 2.34. The van der Waals surface area contributed by atoms with Gasteiger partial charge in [-0.25, -0.2) is 0 Å². The third kappa shape index (κ3) is 3.67. The van der Waals surface area contributed by atoms with Gasteiger partial charge in [0.25, 0.3) is 0 Å². The second-order valence-corrected chi connectivity index (χ2v) is 6.09. The van der Waals surface area contributed by atoms with Crippen LogP contribution in [0.5, 0.6) is 0 Å². The van der Waals surface area contributed by atoms with Crippen LogP contribution in [0.25, 0.3) is 0 Å². The van der Waals surface area contributed by atoms with Crippen molar-refractivity contribution in [3.63, 3.8) is 0 Å². The molecular formula is C12H15N5OS2. The van der Waals surface area contributed by atoms with Crippen molar-refractivity contribution >= 4 is 46.2 Å². The molecule has 106 valence electrons. The molecule has 0 saturated heterocycles. The average molecular weight is 309 g/mol. The Labute approximate surface area is 125 Å². The zero-order chi connectivity index (χ0) is 14.5. The summed E-state index contributed by atoms with van der Waals surface area (Å²) in [6, 6.07) is 7.82. The lowest BCUT2D eigenvalue weighted by Crippen LogP contribution is -2.36. The number of thioether (sulfide) groups is 2. The summed E-state index contributed by atoms with van der Waals surface area (Å²) in [5.74, 6) is 0.806. The van der Waals surface area contributed by atoms with Crippen molar-refractivity contribution in [1.82, 2.24) is 0 Å². The summed E-state index contributed by atoms with van der Waals surface area (Å²) in [5, 5.41) is 7.45. The van der Waals surface area contributed by atoms with Crippen LogP contribution in [0.2, 0.25) is 0 Å². The van der Waals surface area contributed by atoms with Crippen LogP contribution in [0.15, 0.2) is 34.2 Å². The number of nitrogens with two attached hydrogens (primary N) is 2. The van der Waals surface area contributed by atoms with Crippen LogP contribution < -0.4 is 16.4 Å². The van der Waals surface area contributed by atoms with Crippen molar-refractivity contribution in [1.29, 1.82) is 5.41 Å². The number of guanidine groups is 1. The molecule has 0 spiro atoms. The number of amides is 1. The number of hydrogen-bond donors (Lipinski definition) is 3. The molecule has 0 atom stereocenters. The molecule has 5 N–H and O–H groups in total. The first-order chi connectivity index (χ1) is 9.58. The Hall–Kier alpha value is -1.67. The van der Waals surface area contributed by atoms with Crippen molar-refractivity contribution in [3.05, 3.63) is 24.3 Å². The molecule has 0 bridgehead atoms. The lowest BCUT2D eigenvalue weighted by atomic mass is 10.3. The van der Waals surface area contributed by atoms with E-state index in [2.05, 4.69) is 4.99 Å². The number of hydrogen-bond acceptors (Lipinski definition) is 4. The zero-order valence-electron chi connectivity index (χ0n) is 10.7. The van der Waals surface area contributed by atoms with E-state index in [4.69, 9.17) is 16.9 Å². The Morgan fingerprint density at radius 1 is 1.45 bits per heavy atom. The number of carbonyl (C=O) groups excluding carboxylic acids is 1. The number of anilines is 1. The number of fused-ring (bicyclic) bond motifs is 1. The standard InChI is InChI=1S/C12H15N5OS2/c13-11(14)16-12(15)20-7-10(18)17-5-6-19-9-4-2-1-3-8(9)17/h1-4H,5-7H2,(H5,13,14,15,16). The predicted octanol–water partition coefficient (Wildman–Crippen LogP) is 1.07. The largest absolute Gasteiger partial charge is 0.370 e. The van der Waals surface area contributed by atoms with Gasteiger partial charge in [-0.2, -0.15) is 4.99 Å². The second-order valence-electron chi connectivity index (χ2n) is 3.99. The molecule has 20 heavy (non-hydrogen) atoms. The van der Waals surface area contributed by atoms with E-state index in [1.807, 2.05) is 24.3 Å². The van der Waals surface area contributed by atoms with Gasteiger partial charge in [-0.05, 0) is 12.1 Å². The Morgan fingerprint density at radius 2 is 2.20 bits per heavy atom. The van der Waals surface area contributed by atoms with Gasteiger partial charge in [-0.1, -0.05) is 23.9 Å². The quantitative estimate of drug-likeness (QED) is 0.559. The van der Waals surface area contributed by atoms with Crippen LogP contribution in [0.4, 0.5) is 5.69 Å². The van der Waals surface area contributed by atoms with Crippen molar-refractivity contribution in [2.45, 2.75) is 4.90 Å². The number of benzene rings is 1. The second kappa shape index (κ2) is 6.67. The van der Waals surface area contributed by atoms with E-state index in [0.29, 0.717) is 6.54 Å². The van der Waals surface area contributed by atoms with Crippen LogP contribution in [-0.4, -0.2) is 35.1 Å². The highest BCUT2D eigenvalue weighted by molar-refractivity contribution is 8.14. The molecule has 0 aliphatic carbocycles. The zero-order valence-corrected chi connectivity index (χ0v) is 12.3. The van der Waals surface area contributed by atoms with E-state index in [0.717, 1.165) is 28.1 Å². The Bertz CT molecular complexity index is 557. The third-order valence-electron chi connectivity index (χ3n) is 2.59. The molecule has 0 saturated carbocycles. The van der Waals surface area contributed by atoms with Gasteiger partial charge in [0.1, 0.15) is 0 Å². The number of carbonyl (C=O) groups is 1. The fourth-order valence-electron chi connectivity index (χ4n) is 1.79. The summed E-state index contributed by atoms with van der Waals surface area (Å²) in [6.45, 7) is 0.677. The van der Waals surface area contributed by atoms with E-state index in [-0.39, 0.29) is 22.8 Å². The summed E-state index contributed by atoms with van der Waals surface area (Å²) < 4.78 is 0. The minimum atomic E-state index is -0.172. The Balaban J connectivity index is 2.01. The number of nitrogens with zero attached hydrogens (tertiary/aromatic N) is 2. The van der Waals surface area contributed by atoms with Gasteiger partial charge in [0, 0.05) is 17.2 Å². The van der Waals surface area contributed by atoms with Gasteiger partial charge in [0.05, 0.1) is 11.4 Å². The summed E-state index contributed by atoms with van der Waals surface area (Å²) in [4.78, 5) is 18.7. The highest BCUT2D eigenvalue weighted by atomic mass is 32.2. The van der Waals surface area contributed by atoms with E-state index in [9.17, 15) is 4.79 Å². The minimum Gasteiger partial charge on any atom is -0.370 e. The third-order valence-corrected chi connectivity index (χ3v) is 4.39. The first-order valence-electron chi connectivity index (χ1n) is 5.91. The van der Waals surface area contributed by atoms with Crippen LogP contribution in [0, 0.1) is 5.41 Å². The fourth-order valence-corrected chi connectivity index (χ4v) is 3.37. The maximum atomic E-state index is 12.2. The number of amidine groups is 1. The number of rotatable bonds is 2. The molecule has 0 unspecified atom stereocenters. The summed E-state index contributed by atoms with van der Waals surface area (Å²) in [7, 11) is 0. The predicted molar refractivity (Wildman–Crippen MR) is 85.5 cm³/mol. The van der Waals surface area contributed by atoms with E-state index in [1.54, 1.807) is 16.7 Å². The highest BCUT2D eigenvalue weighted by Gasteiger charge is 2.22. The number of para-hydroxylation sites is 1. The molecule has 0 radical (unpaired) electrons. The smallest absolute Gasteiger partial charge is 0.237 e. The molecular weight excluding hydrogens is 294 g/mol. The maximum absolute atomic E-state index is 12.2. The van der Waals surface area contributed by atoms with Crippen molar-refractivity contribution in [2.75, 3.05) is 23.0 Å². The molecule has 6 nitrogen and oxygen atoms in total. The lowest BCUT2D eigenvalue weighted by Gasteiger charge is -2.28. The van der Waals surface area contributed by atoms with Gasteiger partial charge in [0.15, 0.2) is 11.1 Å². The molecule has 2 rings (SSSR count). The van der Waals surface area contributed by atoms with Crippen molar-refractivity contribution < 1.29 is 4.79 Å². The first-order valence-corrected chi connectivity index (χ1v) is 7.88. The van der Waals surface area contributed by atoms with Gasteiger partial charge in [0.2, 0.25) is 5.91 Å². The van der Waals surface area contributed by atoms with Gasteiger partial charge < -0.3 is 16.4 Å². The first kappa shape index (κ1) is 14.7. The average Bonchev–Trinajstić information content (AvgIpc) is 2.43. The Morgan fingerprint density at radius 3 is 2.95 bits per heavy atom. The van der Waals surface area contributed by atoms with Gasteiger partial charge >= 0.3 is 0 Å². The van der Waals surface area contributed by atoms with Crippen LogP contribution in [-0.2, 0) is 4.79 Å². The van der Waals surface area contributed by atoms with E-state index < -0.39 is 0 Å². The van der Waals surface area contributed by atoms with Gasteiger partial charge in [-0.3, -0.25) is 10.2 Å². The summed E-state index contributed by atoms with van der Waals surface area (Å²) in [6.07, 6.45) is 0. The summed E-state index contributed by atoms with van der Waals surface area (Å²) >= 11 is 2.76.